The second-order valence-corrected chi connectivity index (χ2v) is 7.88. The maximum absolute atomic E-state index is 12.5. The van der Waals surface area contributed by atoms with Crippen LogP contribution in [0.5, 0.6) is 0 Å². The molecule has 24 heavy (non-hydrogen) atoms. The van der Waals surface area contributed by atoms with Gasteiger partial charge >= 0.3 is 0 Å². The first kappa shape index (κ1) is 16.7. The number of carbonyl (C=O) groups excluding carboxylic acids is 1. The molecule has 0 aliphatic rings. The van der Waals surface area contributed by atoms with Crippen LogP contribution >= 0.6 is 15.9 Å². The van der Waals surface area contributed by atoms with Crippen LogP contribution in [-0.2, 0) is 10.0 Å². The summed E-state index contributed by atoms with van der Waals surface area (Å²) in [4.78, 5) is 12.0. The molecule has 0 saturated carbocycles. The molecule has 0 saturated heterocycles. The van der Waals surface area contributed by atoms with Crippen molar-refractivity contribution >= 4 is 48.4 Å². The SMILES string of the molecule is CC(=O)c1c(C)oc2c(Br)cc(NS(=O)(=O)c3ccccc3)cc12. The molecule has 1 N–H and O–H groups in total. The van der Waals surface area contributed by atoms with Gasteiger partial charge < -0.3 is 4.42 Å². The number of anilines is 1. The van der Waals surface area contributed by atoms with Crippen LogP contribution < -0.4 is 4.72 Å². The second kappa shape index (κ2) is 6.07. The van der Waals surface area contributed by atoms with Crippen molar-refractivity contribution in [2.24, 2.45) is 0 Å². The van der Waals surface area contributed by atoms with Crippen LogP contribution in [0.4, 0.5) is 5.69 Å². The Morgan fingerprint density at radius 3 is 2.46 bits per heavy atom. The monoisotopic (exact) mass is 407 g/mol. The number of aryl methyl sites for hydroxylation is 1. The number of ketones is 1. The first-order valence-electron chi connectivity index (χ1n) is 7.11. The number of carbonyl (C=O) groups is 1. The average Bonchev–Trinajstić information content (AvgIpc) is 2.84. The van der Waals surface area contributed by atoms with Crippen LogP contribution in [0, 0.1) is 6.92 Å². The molecule has 0 atom stereocenters. The van der Waals surface area contributed by atoms with Gasteiger partial charge in [0.25, 0.3) is 10.0 Å². The van der Waals surface area contributed by atoms with Gasteiger partial charge in [0.05, 0.1) is 20.6 Å². The summed E-state index contributed by atoms with van der Waals surface area (Å²) in [5.74, 6) is 0.363. The Hall–Kier alpha value is -2.12. The van der Waals surface area contributed by atoms with E-state index in [-0.39, 0.29) is 10.7 Å². The number of hydrogen-bond donors (Lipinski definition) is 1. The lowest BCUT2D eigenvalue weighted by atomic mass is 10.1. The van der Waals surface area contributed by atoms with Gasteiger partial charge in [-0.1, -0.05) is 18.2 Å². The van der Waals surface area contributed by atoms with Crippen LogP contribution in [-0.4, -0.2) is 14.2 Å². The van der Waals surface area contributed by atoms with Crippen molar-refractivity contribution in [1.29, 1.82) is 0 Å². The summed E-state index contributed by atoms with van der Waals surface area (Å²) in [6.07, 6.45) is 0. The summed E-state index contributed by atoms with van der Waals surface area (Å²) < 4.78 is 33.6. The fraction of sp³-hybridized carbons (Fsp3) is 0.118. The lowest BCUT2D eigenvalue weighted by molar-refractivity contribution is 0.101. The van der Waals surface area contributed by atoms with E-state index >= 15 is 0 Å². The molecule has 0 radical (unpaired) electrons. The molecule has 3 aromatic rings. The number of fused-ring (bicyclic) bond motifs is 1. The van der Waals surface area contributed by atoms with E-state index in [0.717, 1.165) is 0 Å². The highest BCUT2D eigenvalue weighted by molar-refractivity contribution is 9.10. The smallest absolute Gasteiger partial charge is 0.261 e. The Balaban J connectivity index is 2.11. The third kappa shape index (κ3) is 2.97. The summed E-state index contributed by atoms with van der Waals surface area (Å²) in [5, 5.41) is 0.570. The zero-order valence-corrected chi connectivity index (χ0v) is 15.4. The predicted molar refractivity (Wildman–Crippen MR) is 95.9 cm³/mol. The van der Waals surface area contributed by atoms with Gasteiger partial charge in [0.1, 0.15) is 11.3 Å². The van der Waals surface area contributed by atoms with Crippen molar-refractivity contribution in [2.45, 2.75) is 18.7 Å². The number of benzene rings is 2. The Labute approximate surface area is 147 Å². The summed E-state index contributed by atoms with van der Waals surface area (Å²) in [5.41, 5.74) is 1.31. The fourth-order valence-electron chi connectivity index (χ4n) is 2.59. The number of sulfonamides is 1. The summed E-state index contributed by atoms with van der Waals surface area (Å²) >= 11 is 3.37. The zero-order chi connectivity index (χ0) is 17.5. The molecule has 0 fully saturated rings. The van der Waals surface area contributed by atoms with E-state index in [1.165, 1.54) is 19.1 Å². The minimum absolute atomic E-state index is 0.138. The molecule has 0 spiro atoms. The molecule has 0 amide bonds. The molecule has 1 aromatic heterocycles. The zero-order valence-electron chi connectivity index (χ0n) is 13.0. The van der Waals surface area contributed by atoms with Gasteiger partial charge in [-0.05, 0) is 54.0 Å². The number of Topliss-reactive ketones (excluding diaryl/α,β-unsaturated/α-hetero) is 1. The molecule has 124 valence electrons. The highest BCUT2D eigenvalue weighted by Gasteiger charge is 2.20. The molecule has 0 aliphatic heterocycles. The summed E-state index contributed by atoms with van der Waals surface area (Å²) in [6.45, 7) is 3.16. The molecular weight excluding hydrogens is 394 g/mol. The van der Waals surface area contributed by atoms with Gasteiger partial charge in [-0.3, -0.25) is 9.52 Å². The van der Waals surface area contributed by atoms with Gasteiger partial charge in [0.15, 0.2) is 5.78 Å². The normalized spacial score (nSPS) is 11.6. The molecular formula is C17H14BrNO4S. The Kier molecular flexibility index (Phi) is 4.23. The maximum atomic E-state index is 12.5. The van der Waals surface area contributed by atoms with Gasteiger partial charge in [-0.25, -0.2) is 8.42 Å². The van der Waals surface area contributed by atoms with Crippen molar-refractivity contribution < 1.29 is 17.6 Å². The van der Waals surface area contributed by atoms with Crippen molar-refractivity contribution in [2.75, 3.05) is 4.72 Å². The standard InChI is InChI=1S/C17H14BrNO4S/c1-10(20)16-11(2)23-17-14(16)8-12(9-15(17)18)19-24(21,22)13-6-4-3-5-7-13/h3-9,19H,1-2H3. The van der Waals surface area contributed by atoms with Crippen LogP contribution in [0.25, 0.3) is 11.0 Å². The average molecular weight is 408 g/mol. The quantitative estimate of drug-likeness (QED) is 0.645. The number of rotatable bonds is 4. The third-order valence-electron chi connectivity index (χ3n) is 3.58. The molecule has 3 rings (SSSR count). The summed E-state index contributed by atoms with van der Waals surface area (Å²) in [6, 6.07) is 11.3. The van der Waals surface area contributed by atoms with E-state index in [1.807, 2.05) is 0 Å². The highest BCUT2D eigenvalue weighted by Crippen LogP contribution is 2.35. The van der Waals surface area contributed by atoms with Gasteiger partial charge in [-0.15, -0.1) is 0 Å². The van der Waals surface area contributed by atoms with Crippen molar-refractivity contribution in [3.05, 3.63) is 58.3 Å². The first-order chi connectivity index (χ1) is 11.3. The molecule has 2 aromatic carbocycles. The summed E-state index contributed by atoms with van der Waals surface area (Å²) in [7, 11) is -3.71. The highest BCUT2D eigenvalue weighted by atomic mass is 79.9. The minimum atomic E-state index is -3.71. The largest absolute Gasteiger partial charge is 0.459 e. The Morgan fingerprint density at radius 1 is 1.17 bits per heavy atom. The van der Waals surface area contributed by atoms with Crippen LogP contribution in [0.1, 0.15) is 23.0 Å². The molecule has 5 nitrogen and oxygen atoms in total. The lowest BCUT2D eigenvalue weighted by Gasteiger charge is -2.09. The van der Waals surface area contributed by atoms with E-state index in [4.69, 9.17) is 4.42 Å². The van der Waals surface area contributed by atoms with Crippen LogP contribution in [0.15, 0.2) is 56.2 Å². The number of halogens is 1. The van der Waals surface area contributed by atoms with E-state index in [2.05, 4.69) is 20.7 Å². The van der Waals surface area contributed by atoms with Crippen molar-refractivity contribution in [1.82, 2.24) is 0 Å². The van der Waals surface area contributed by atoms with Crippen molar-refractivity contribution in [3.63, 3.8) is 0 Å². The maximum Gasteiger partial charge on any atom is 0.261 e. The number of hydrogen-bond acceptors (Lipinski definition) is 4. The molecule has 7 heteroatoms. The van der Waals surface area contributed by atoms with Gasteiger partial charge in [0, 0.05) is 5.39 Å². The van der Waals surface area contributed by atoms with Crippen LogP contribution in [0.3, 0.4) is 0 Å². The number of furan rings is 1. The lowest BCUT2D eigenvalue weighted by Crippen LogP contribution is -2.12. The van der Waals surface area contributed by atoms with E-state index in [0.29, 0.717) is 32.5 Å². The topological polar surface area (TPSA) is 76.4 Å². The van der Waals surface area contributed by atoms with E-state index < -0.39 is 10.0 Å². The first-order valence-corrected chi connectivity index (χ1v) is 9.38. The second-order valence-electron chi connectivity index (χ2n) is 5.34. The van der Waals surface area contributed by atoms with Gasteiger partial charge in [0.2, 0.25) is 0 Å². The van der Waals surface area contributed by atoms with E-state index in [1.54, 1.807) is 37.3 Å². The fourth-order valence-corrected chi connectivity index (χ4v) is 4.19. The van der Waals surface area contributed by atoms with Crippen molar-refractivity contribution in [3.8, 4) is 0 Å². The Bertz CT molecular complexity index is 1040. The molecule has 0 unspecified atom stereocenters. The van der Waals surface area contributed by atoms with E-state index in [9.17, 15) is 13.2 Å². The number of nitrogens with one attached hydrogen (secondary N) is 1. The minimum Gasteiger partial charge on any atom is -0.459 e. The van der Waals surface area contributed by atoms with Crippen LogP contribution in [0.2, 0.25) is 0 Å². The van der Waals surface area contributed by atoms with Gasteiger partial charge in [-0.2, -0.15) is 0 Å². The molecule has 1 heterocycles. The molecule has 0 bridgehead atoms. The predicted octanol–water partition coefficient (Wildman–Crippen LogP) is 4.51. The third-order valence-corrected chi connectivity index (χ3v) is 5.56. The molecule has 0 aliphatic carbocycles. The Morgan fingerprint density at radius 2 is 1.83 bits per heavy atom.